The van der Waals surface area contributed by atoms with Crippen molar-refractivity contribution >= 4 is 5.91 Å². The standard InChI is InChI=1S/C10H19NO/c1-8(2)10(4)6-5-7-11(10)9(3)12/h8H,5-7H2,1-4H3/t10-/m1/s1. The molecule has 70 valence electrons. The van der Waals surface area contributed by atoms with Gasteiger partial charge >= 0.3 is 0 Å². The number of rotatable bonds is 1. The molecule has 0 radical (unpaired) electrons. The zero-order chi connectivity index (χ0) is 9.35. The lowest BCUT2D eigenvalue weighted by Gasteiger charge is -2.38. The molecule has 12 heavy (non-hydrogen) atoms. The van der Waals surface area contributed by atoms with E-state index in [1.807, 2.05) is 4.90 Å². The first-order chi connectivity index (χ1) is 5.48. The normalized spacial score (nSPS) is 29.9. The third-order valence-corrected chi connectivity index (χ3v) is 3.31. The van der Waals surface area contributed by atoms with Gasteiger partial charge in [0.15, 0.2) is 0 Å². The van der Waals surface area contributed by atoms with Crippen molar-refractivity contribution in [3.05, 3.63) is 0 Å². The molecule has 0 saturated carbocycles. The molecule has 1 aliphatic rings. The van der Waals surface area contributed by atoms with Gasteiger partial charge in [0.25, 0.3) is 0 Å². The Labute approximate surface area is 74.9 Å². The molecule has 0 spiro atoms. The molecule has 0 N–H and O–H groups in total. The molecule has 1 heterocycles. The van der Waals surface area contributed by atoms with Gasteiger partial charge in [-0.2, -0.15) is 0 Å². The Kier molecular flexibility index (Phi) is 2.45. The SMILES string of the molecule is CC(=O)N1CCC[C@]1(C)C(C)C. The first kappa shape index (κ1) is 9.56. The van der Waals surface area contributed by atoms with Gasteiger partial charge in [-0.1, -0.05) is 13.8 Å². The number of hydrogen-bond donors (Lipinski definition) is 0. The van der Waals surface area contributed by atoms with E-state index in [0.29, 0.717) is 5.92 Å². The van der Waals surface area contributed by atoms with Crippen LogP contribution in [-0.2, 0) is 4.79 Å². The summed E-state index contributed by atoms with van der Waals surface area (Å²) in [5.41, 5.74) is 0.117. The second kappa shape index (κ2) is 3.08. The second-order valence-electron chi connectivity index (χ2n) is 4.29. The maximum absolute atomic E-state index is 11.3. The van der Waals surface area contributed by atoms with Gasteiger partial charge in [0, 0.05) is 19.0 Å². The smallest absolute Gasteiger partial charge is 0.219 e. The molecule has 1 fully saturated rings. The minimum Gasteiger partial charge on any atom is -0.337 e. The lowest BCUT2D eigenvalue weighted by molar-refractivity contribution is -0.133. The molecule has 0 bridgehead atoms. The van der Waals surface area contributed by atoms with Crippen molar-refractivity contribution in [2.75, 3.05) is 6.54 Å². The van der Waals surface area contributed by atoms with E-state index in [1.165, 1.54) is 0 Å². The Bertz CT molecular complexity index is 188. The Morgan fingerprint density at radius 2 is 2.08 bits per heavy atom. The Hall–Kier alpha value is -0.530. The second-order valence-corrected chi connectivity index (χ2v) is 4.29. The number of carbonyl (C=O) groups is 1. The van der Waals surface area contributed by atoms with Gasteiger partial charge in [-0.05, 0) is 25.7 Å². The van der Waals surface area contributed by atoms with E-state index in [-0.39, 0.29) is 11.4 Å². The summed E-state index contributed by atoms with van der Waals surface area (Å²) in [6.07, 6.45) is 2.32. The van der Waals surface area contributed by atoms with Crippen LogP contribution in [0.15, 0.2) is 0 Å². The Morgan fingerprint density at radius 1 is 1.50 bits per heavy atom. The van der Waals surface area contributed by atoms with E-state index >= 15 is 0 Å². The molecule has 0 aliphatic carbocycles. The summed E-state index contributed by atoms with van der Waals surface area (Å²) in [6, 6.07) is 0. The molecule has 2 heteroatoms. The zero-order valence-corrected chi connectivity index (χ0v) is 8.55. The van der Waals surface area contributed by atoms with E-state index < -0.39 is 0 Å². The van der Waals surface area contributed by atoms with Gasteiger partial charge in [-0.25, -0.2) is 0 Å². The molecular formula is C10H19NO. The molecule has 1 amide bonds. The van der Waals surface area contributed by atoms with E-state index in [0.717, 1.165) is 19.4 Å². The predicted octanol–water partition coefficient (Wildman–Crippen LogP) is 2.04. The highest BCUT2D eigenvalue weighted by Crippen LogP contribution is 2.35. The number of likely N-dealkylation sites (tertiary alicyclic amines) is 1. The topological polar surface area (TPSA) is 20.3 Å². The van der Waals surface area contributed by atoms with Crippen LogP contribution in [0.25, 0.3) is 0 Å². The molecule has 0 aromatic carbocycles. The average Bonchev–Trinajstić information content (AvgIpc) is 2.32. The van der Waals surface area contributed by atoms with Gasteiger partial charge in [-0.3, -0.25) is 4.79 Å². The van der Waals surface area contributed by atoms with Crippen LogP contribution in [0, 0.1) is 5.92 Å². The van der Waals surface area contributed by atoms with Gasteiger partial charge in [0.2, 0.25) is 5.91 Å². The van der Waals surface area contributed by atoms with Gasteiger partial charge in [0.1, 0.15) is 0 Å². The molecule has 1 atom stereocenters. The maximum Gasteiger partial charge on any atom is 0.219 e. The fourth-order valence-electron chi connectivity index (χ4n) is 2.10. The minimum atomic E-state index is 0.117. The first-order valence-electron chi connectivity index (χ1n) is 4.76. The minimum absolute atomic E-state index is 0.117. The molecule has 1 rings (SSSR count). The summed E-state index contributed by atoms with van der Waals surface area (Å²) < 4.78 is 0. The summed E-state index contributed by atoms with van der Waals surface area (Å²) in [4.78, 5) is 13.3. The van der Waals surface area contributed by atoms with Crippen molar-refractivity contribution in [1.29, 1.82) is 0 Å². The van der Waals surface area contributed by atoms with Crippen LogP contribution in [0.5, 0.6) is 0 Å². The molecule has 0 unspecified atom stereocenters. The van der Waals surface area contributed by atoms with Crippen LogP contribution < -0.4 is 0 Å². The van der Waals surface area contributed by atoms with E-state index in [1.54, 1.807) is 6.92 Å². The van der Waals surface area contributed by atoms with Crippen molar-refractivity contribution in [3.63, 3.8) is 0 Å². The van der Waals surface area contributed by atoms with Crippen LogP contribution in [-0.4, -0.2) is 22.9 Å². The lowest BCUT2D eigenvalue weighted by Crippen LogP contribution is -2.47. The van der Waals surface area contributed by atoms with Crippen LogP contribution in [0.1, 0.15) is 40.5 Å². The number of amides is 1. The van der Waals surface area contributed by atoms with E-state index in [9.17, 15) is 4.79 Å². The summed E-state index contributed by atoms with van der Waals surface area (Å²) >= 11 is 0. The van der Waals surface area contributed by atoms with Crippen LogP contribution in [0.3, 0.4) is 0 Å². The molecule has 2 nitrogen and oxygen atoms in total. The van der Waals surface area contributed by atoms with E-state index in [2.05, 4.69) is 20.8 Å². The predicted molar refractivity (Wildman–Crippen MR) is 49.9 cm³/mol. The first-order valence-corrected chi connectivity index (χ1v) is 4.76. The van der Waals surface area contributed by atoms with Crippen molar-refractivity contribution in [3.8, 4) is 0 Å². The largest absolute Gasteiger partial charge is 0.337 e. The van der Waals surface area contributed by atoms with E-state index in [4.69, 9.17) is 0 Å². The highest BCUT2D eigenvalue weighted by atomic mass is 16.2. The molecule has 0 aromatic rings. The lowest BCUT2D eigenvalue weighted by atomic mass is 9.86. The summed E-state index contributed by atoms with van der Waals surface area (Å²) in [6.45, 7) is 9.21. The molecule has 1 saturated heterocycles. The van der Waals surface area contributed by atoms with Gasteiger partial charge in [0.05, 0.1) is 0 Å². The van der Waals surface area contributed by atoms with Crippen molar-refractivity contribution in [2.24, 2.45) is 5.92 Å². The average molecular weight is 169 g/mol. The van der Waals surface area contributed by atoms with Crippen LogP contribution in [0.2, 0.25) is 0 Å². The quantitative estimate of drug-likeness (QED) is 0.588. The van der Waals surface area contributed by atoms with Crippen molar-refractivity contribution in [1.82, 2.24) is 4.90 Å². The van der Waals surface area contributed by atoms with Crippen LogP contribution >= 0.6 is 0 Å². The fourth-order valence-corrected chi connectivity index (χ4v) is 2.10. The highest BCUT2D eigenvalue weighted by Gasteiger charge is 2.40. The van der Waals surface area contributed by atoms with Gasteiger partial charge in [-0.15, -0.1) is 0 Å². The number of hydrogen-bond acceptors (Lipinski definition) is 1. The summed E-state index contributed by atoms with van der Waals surface area (Å²) in [5.74, 6) is 0.785. The molecule has 0 aromatic heterocycles. The third kappa shape index (κ3) is 1.35. The number of carbonyl (C=O) groups excluding carboxylic acids is 1. The summed E-state index contributed by atoms with van der Waals surface area (Å²) in [7, 11) is 0. The fraction of sp³-hybridized carbons (Fsp3) is 0.900. The molecule has 1 aliphatic heterocycles. The van der Waals surface area contributed by atoms with Gasteiger partial charge < -0.3 is 4.90 Å². The molecular weight excluding hydrogens is 150 g/mol. The van der Waals surface area contributed by atoms with Crippen LogP contribution in [0.4, 0.5) is 0 Å². The summed E-state index contributed by atoms with van der Waals surface area (Å²) in [5, 5.41) is 0. The Balaban J connectivity index is 2.81. The monoisotopic (exact) mass is 169 g/mol. The van der Waals surface area contributed by atoms with Crippen molar-refractivity contribution in [2.45, 2.75) is 46.1 Å². The maximum atomic E-state index is 11.3. The zero-order valence-electron chi connectivity index (χ0n) is 8.55. The van der Waals surface area contributed by atoms with Crippen molar-refractivity contribution < 1.29 is 4.79 Å². The Morgan fingerprint density at radius 3 is 2.42 bits per heavy atom. The third-order valence-electron chi connectivity index (χ3n) is 3.31. The number of nitrogens with zero attached hydrogens (tertiary/aromatic N) is 1. The highest BCUT2D eigenvalue weighted by molar-refractivity contribution is 5.74.